The zero-order chi connectivity index (χ0) is 23.6. The Morgan fingerprint density at radius 1 is 1.09 bits per heavy atom. The van der Waals surface area contributed by atoms with E-state index in [1.165, 1.54) is 6.26 Å². The summed E-state index contributed by atoms with van der Waals surface area (Å²) in [6.07, 6.45) is -3.20. The highest BCUT2D eigenvalue weighted by Crippen LogP contribution is 2.36. The molecule has 1 amide bonds. The molecule has 0 saturated carbocycles. The Bertz CT molecular complexity index is 1160. The van der Waals surface area contributed by atoms with Gasteiger partial charge in [0.05, 0.1) is 22.6 Å². The van der Waals surface area contributed by atoms with Crippen molar-refractivity contribution < 1.29 is 27.3 Å². The Labute approximate surface area is 186 Å². The Hall–Kier alpha value is -3.89. The van der Waals surface area contributed by atoms with Gasteiger partial charge < -0.3 is 14.2 Å². The Morgan fingerprint density at radius 2 is 1.79 bits per heavy atom. The predicted octanol–water partition coefficient (Wildman–Crippen LogP) is 4.16. The Morgan fingerprint density at radius 3 is 2.42 bits per heavy atom. The van der Waals surface area contributed by atoms with Gasteiger partial charge in [0.1, 0.15) is 12.0 Å². The number of nitro benzene ring substituents is 1. The van der Waals surface area contributed by atoms with Gasteiger partial charge in [-0.05, 0) is 24.3 Å². The molecule has 1 aliphatic heterocycles. The molecule has 11 heteroatoms. The number of halogens is 3. The molecule has 0 aliphatic carbocycles. The minimum Gasteiger partial charge on any atom is -0.444 e. The summed E-state index contributed by atoms with van der Waals surface area (Å²) in [4.78, 5) is 30.8. The summed E-state index contributed by atoms with van der Waals surface area (Å²) in [5, 5.41) is 11.4. The molecule has 1 fully saturated rings. The molecule has 0 bridgehead atoms. The highest BCUT2D eigenvalue weighted by Gasteiger charge is 2.34. The number of nitro groups is 1. The number of benzene rings is 2. The fourth-order valence-electron chi connectivity index (χ4n) is 3.68. The number of hydrogen-bond acceptors (Lipinski definition) is 6. The summed E-state index contributed by atoms with van der Waals surface area (Å²) in [6.45, 7) is 1.07. The quantitative estimate of drug-likeness (QED) is 0.419. The standard InChI is InChI=1S/C22H19F3N4O4/c23-22(24,25)16-6-7-18(19(12-16)29(31)32)27-8-10-28(11-9-27)20(30)13-17-14-33-21(26-17)15-4-2-1-3-5-15/h1-7,12,14H,8-11,13H2. The van der Waals surface area contributed by atoms with Gasteiger partial charge in [-0.2, -0.15) is 13.2 Å². The monoisotopic (exact) mass is 460 g/mol. The second-order valence-corrected chi connectivity index (χ2v) is 7.51. The maximum atomic E-state index is 12.9. The van der Waals surface area contributed by atoms with Crippen molar-refractivity contribution in [1.29, 1.82) is 0 Å². The largest absolute Gasteiger partial charge is 0.444 e. The number of amides is 1. The van der Waals surface area contributed by atoms with Crippen molar-refractivity contribution in [3.05, 3.63) is 76.2 Å². The van der Waals surface area contributed by atoms with Gasteiger partial charge in [-0.15, -0.1) is 0 Å². The van der Waals surface area contributed by atoms with Gasteiger partial charge in [0.15, 0.2) is 0 Å². The first-order valence-electron chi connectivity index (χ1n) is 10.1. The van der Waals surface area contributed by atoms with Crippen LogP contribution in [0.5, 0.6) is 0 Å². The lowest BCUT2D eigenvalue weighted by molar-refractivity contribution is -0.384. The smallest absolute Gasteiger partial charge is 0.416 e. The maximum Gasteiger partial charge on any atom is 0.416 e. The zero-order valence-corrected chi connectivity index (χ0v) is 17.3. The molecule has 1 aliphatic rings. The van der Waals surface area contributed by atoms with Gasteiger partial charge >= 0.3 is 6.18 Å². The van der Waals surface area contributed by atoms with Crippen molar-refractivity contribution in [2.45, 2.75) is 12.6 Å². The fourth-order valence-corrected chi connectivity index (χ4v) is 3.68. The number of carbonyl (C=O) groups is 1. The zero-order valence-electron chi connectivity index (χ0n) is 17.3. The SMILES string of the molecule is O=C(Cc1coc(-c2ccccc2)n1)N1CCN(c2ccc(C(F)(F)F)cc2[N+](=O)[O-])CC1. The minimum absolute atomic E-state index is 0.0385. The number of hydrogen-bond donors (Lipinski definition) is 0. The summed E-state index contributed by atoms with van der Waals surface area (Å²) >= 11 is 0. The van der Waals surface area contributed by atoms with E-state index in [0.29, 0.717) is 17.7 Å². The van der Waals surface area contributed by atoms with Gasteiger partial charge in [0.2, 0.25) is 11.8 Å². The van der Waals surface area contributed by atoms with Crippen LogP contribution in [0.1, 0.15) is 11.3 Å². The number of oxazole rings is 1. The van der Waals surface area contributed by atoms with Crippen LogP contribution in [-0.4, -0.2) is 46.9 Å². The molecule has 0 spiro atoms. The van der Waals surface area contributed by atoms with Crippen molar-refractivity contribution >= 4 is 17.3 Å². The molecule has 4 rings (SSSR count). The Kier molecular flexibility index (Phi) is 6.03. The summed E-state index contributed by atoms with van der Waals surface area (Å²) in [7, 11) is 0. The molecule has 2 heterocycles. The molecule has 0 atom stereocenters. The van der Waals surface area contributed by atoms with Crippen LogP contribution >= 0.6 is 0 Å². The lowest BCUT2D eigenvalue weighted by Gasteiger charge is -2.35. The van der Waals surface area contributed by atoms with Crippen LogP contribution < -0.4 is 4.90 Å². The lowest BCUT2D eigenvalue weighted by atomic mass is 10.1. The lowest BCUT2D eigenvalue weighted by Crippen LogP contribution is -2.49. The van der Waals surface area contributed by atoms with E-state index in [9.17, 15) is 28.1 Å². The molecule has 172 valence electrons. The molecule has 0 N–H and O–H groups in total. The molecule has 0 unspecified atom stereocenters. The van der Waals surface area contributed by atoms with Crippen LogP contribution in [0.15, 0.2) is 59.2 Å². The van der Waals surface area contributed by atoms with E-state index in [1.54, 1.807) is 9.80 Å². The number of aromatic nitrogens is 1. The van der Waals surface area contributed by atoms with Gasteiger partial charge in [-0.3, -0.25) is 14.9 Å². The molecule has 8 nitrogen and oxygen atoms in total. The van der Waals surface area contributed by atoms with E-state index in [4.69, 9.17) is 4.42 Å². The number of nitrogens with zero attached hydrogens (tertiary/aromatic N) is 4. The number of anilines is 1. The van der Waals surface area contributed by atoms with Gasteiger partial charge in [-0.1, -0.05) is 18.2 Å². The second-order valence-electron chi connectivity index (χ2n) is 7.51. The summed E-state index contributed by atoms with van der Waals surface area (Å²) in [5.74, 6) is 0.238. The Balaban J connectivity index is 1.39. The van der Waals surface area contributed by atoms with Crippen LogP contribution in [-0.2, 0) is 17.4 Å². The molecule has 1 saturated heterocycles. The first-order chi connectivity index (χ1) is 15.7. The third-order valence-electron chi connectivity index (χ3n) is 5.38. The van der Waals surface area contributed by atoms with Crippen molar-refractivity contribution in [3.8, 4) is 11.5 Å². The van der Waals surface area contributed by atoms with Crippen LogP contribution in [0, 0.1) is 10.1 Å². The van der Waals surface area contributed by atoms with Gasteiger partial charge in [0.25, 0.3) is 5.69 Å². The highest BCUT2D eigenvalue weighted by molar-refractivity contribution is 5.79. The average Bonchev–Trinajstić information content (AvgIpc) is 3.27. The normalized spacial score (nSPS) is 14.4. The average molecular weight is 460 g/mol. The van der Waals surface area contributed by atoms with E-state index < -0.39 is 22.4 Å². The number of alkyl halides is 3. The summed E-state index contributed by atoms with van der Waals surface area (Å²) in [6, 6.07) is 11.7. The van der Waals surface area contributed by atoms with E-state index >= 15 is 0 Å². The maximum absolute atomic E-state index is 12.9. The molecular weight excluding hydrogens is 441 g/mol. The van der Waals surface area contributed by atoms with E-state index in [-0.39, 0.29) is 44.2 Å². The van der Waals surface area contributed by atoms with Gasteiger partial charge in [0, 0.05) is 37.8 Å². The molecular formula is C22H19F3N4O4. The first kappa shape index (κ1) is 22.3. The molecule has 2 aromatic carbocycles. The van der Waals surface area contributed by atoms with Crippen molar-refractivity contribution in [2.24, 2.45) is 0 Å². The van der Waals surface area contributed by atoms with Crippen molar-refractivity contribution in [1.82, 2.24) is 9.88 Å². The number of rotatable bonds is 5. The predicted molar refractivity (Wildman–Crippen MR) is 113 cm³/mol. The minimum atomic E-state index is -4.67. The van der Waals surface area contributed by atoms with Crippen molar-refractivity contribution in [2.75, 3.05) is 31.1 Å². The first-order valence-corrected chi connectivity index (χ1v) is 10.1. The van der Waals surface area contributed by atoms with E-state index in [1.807, 2.05) is 30.3 Å². The van der Waals surface area contributed by atoms with E-state index in [0.717, 1.165) is 17.7 Å². The fraction of sp³-hybridized carbons (Fsp3) is 0.273. The van der Waals surface area contributed by atoms with Gasteiger partial charge in [-0.25, -0.2) is 4.98 Å². The van der Waals surface area contributed by atoms with Crippen LogP contribution in [0.25, 0.3) is 11.5 Å². The van der Waals surface area contributed by atoms with Crippen LogP contribution in [0.2, 0.25) is 0 Å². The second kappa shape index (κ2) is 8.93. The van der Waals surface area contributed by atoms with Crippen molar-refractivity contribution in [3.63, 3.8) is 0 Å². The summed E-state index contributed by atoms with van der Waals surface area (Å²) in [5.41, 5.74) is -0.304. The molecule has 33 heavy (non-hydrogen) atoms. The van der Waals surface area contributed by atoms with Crippen LogP contribution in [0.3, 0.4) is 0 Å². The van der Waals surface area contributed by atoms with E-state index in [2.05, 4.69) is 4.98 Å². The third-order valence-corrected chi connectivity index (χ3v) is 5.38. The topological polar surface area (TPSA) is 92.7 Å². The summed E-state index contributed by atoms with van der Waals surface area (Å²) < 4.78 is 44.2. The third kappa shape index (κ3) is 4.97. The van der Waals surface area contributed by atoms with Crippen LogP contribution in [0.4, 0.5) is 24.5 Å². The number of carbonyl (C=O) groups excluding carboxylic acids is 1. The molecule has 0 radical (unpaired) electrons. The number of piperazine rings is 1. The molecule has 1 aromatic heterocycles. The molecule has 3 aromatic rings. The highest BCUT2D eigenvalue weighted by atomic mass is 19.4.